The van der Waals surface area contributed by atoms with Gasteiger partial charge in [-0.05, 0) is 37.3 Å². The van der Waals surface area contributed by atoms with Crippen molar-refractivity contribution in [3.63, 3.8) is 0 Å². The molecule has 6 nitrogen and oxygen atoms in total. The van der Waals surface area contributed by atoms with Gasteiger partial charge in [0.25, 0.3) is 0 Å². The molecule has 0 aliphatic carbocycles. The Morgan fingerprint density at radius 3 is 2.40 bits per heavy atom. The van der Waals surface area contributed by atoms with Crippen molar-refractivity contribution in [1.29, 1.82) is 0 Å². The quantitative estimate of drug-likeness (QED) is 0.798. The number of halogens is 1. The number of carbonyl (C=O) groups is 2. The monoisotopic (exact) mass is 364 g/mol. The Hall–Kier alpha value is -2.74. The summed E-state index contributed by atoms with van der Waals surface area (Å²) in [5, 5.41) is 2.44. The fourth-order valence-electron chi connectivity index (χ4n) is 2.18. The summed E-state index contributed by atoms with van der Waals surface area (Å²) >= 11 is 0. The molecule has 0 spiro atoms. The SMILES string of the molecule is CC(=O)c1cccc(N(CC(=O)Nc2cccc(F)c2)S(C)(=O)=O)c1. The lowest BCUT2D eigenvalue weighted by Crippen LogP contribution is -2.37. The van der Waals surface area contributed by atoms with Crippen LogP contribution < -0.4 is 9.62 Å². The van der Waals surface area contributed by atoms with Crippen molar-refractivity contribution in [1.82, 2.24) is 0 Å². The largest absolute Gasteiger partial charge is 0.324 e. The average Bonchev–Trinajstić information content (AvgIpc) is 2.51. The predicted octanol–water partition coefficient (Wildman–Crippen LogP) is 2.43. The van der Waals surface area contributed by atoms with Crippen LogP contribution >= 0.6 is 0 Å². The van der Waals surface area contributed by atoms with Crippen LogP contribution in [0.1, 0.15) is 17.3 Å². The molecule has 0 atom stereocenters. The second-order valence-corrected chi connectivity index (χ2v) is 7.34. The fourth-order valence-corrected chi connectivity index (χ4v) is 3.03. The van der Waals surface area contributed by atoms with Gasteiger partial charge in [-0.1, -0.05) is 18.2 Å². The fraction of sp³-hybridized carbons (Fsp3) is 0.176. The molecule has 1 amide bonds. The third kappa shape index (κ3) is 5.12. The van der Waals surface area contributed by atoms with Crippen LogP contribution in [0.4, 0.5) is 15.8 Å². The lowest BCUT2D eigenvalue weighted by molar-refractivity contribution is -0.114. The smallest absolute Gasteiger partial charge is 0.245 e. The van der Waals surface area contributed by atoms with Crippen LogP contribution in [-0.2, 0) is 14.8 Å². The number of carbonyl (C=O) groups excluding carboxylic acids is 2. The highest BCUT2D eigenvalue weighted by atomic mass is 32.2. The summed E-state index contributed by atoms with van der Waals surface area (Å²) in [6.07, 6.45) is 0.961. The van der Waals surface area contributed by atoms with Gasteiger partial charge in [-0.15, -0.1) is 0 Å². The van der Waals surface area contributed by atoms with E-state index >= 15 is 0 Å². The maximum Gasteiger partial charge on any atom is 0.245 e. The van der Waals surface area contributed by atoms with E-state index in [-0.39, 0.29) is 17.2 Å². The molecule has 0 radical (unpaired) electrons. The molecule has 0 aliphatic rings. The van der Waals surface area contributed by atoms with Crippen molar-refractivity contribution in [3.8, 4) is 0 Å². The number of ketones is 1. The minimum absolute atomic E-state index is 0.199. The average molecular weight is 364 g/mol. The highest BCUT2D eigenvalue weighted by Crippen LogP contribution is 2.20. The van der Waals surface area contributed by atoms with Crippen molar-refractivity contribution in [3.05, 3.63) is 59.9 Å². The molecule has 132 valence electrons. The van der Waals surface area contributed by atoms with Crippen molar-refractivity contribution < 1.29 is 22.4 Å². The van der Waals surface area contributed by atoms with E-state index in [0.717, 1.165) is 16.6 Å². The zero-order valence-electron chi connectivity index (χ0n) is 13.7. The summed E-state index contributed by atoms with van der Waals surface area (Å²) in [5.41, 5.74) is 0.747. The third-order valence-electron chi connectivity index (χ3n) is 3.34. The van der Waals surface area contributed by atoms with Crippen LogP contribution in [0, 0.1) is 5.82 Å². The molecule has 25 heavy (non-hydrogen) atoms. The molecule has 0 fully saturated rings. The molecule has 0 aromatic heterocycles. The summed E-state index contributed by atoms with van der Waals surface area (Å²) in [6.45, 7) is 0.858. The minimum Gasteiger partial charge on any atom is -0.324 e. The van der Waals surface area contributed by atoms with E-state index in [1.54, 1.807) is 6.07 Å². The molecule has 2 aromatic carbocycles. The van der Waals surface area contributed by atoms with Crippen molar-refractivity contribution in [2.75, 3.05) is 22.4 Å². The molecular formula is C17H17FN2O4S. The lowest BCUT2D eigenvalue weighted by Gasteiger charge is -2.22. The standard InChI is InChI=1S/C17H17FN2O4S/c1-12(21)13-5-3-8-16(9-13)20(25(2,23)24)11-17(22)19-15-7-4-6-14(18)10-15/h3-10H,11H2,1-2H3,(H,19,22). The molecule has 2 rings (SSSR count). The number of hydrogen-bond donors (Lipinski definition) is 1. The zero-order chi connectivity index (χ0) is 18.6. The number of amides is 1. The molecule has 0 saturated carbocycles. The van der Waals surface area contributed by atoms with Crippen molar-refractivity contribution in [2.45, 2.75) is 6.92 Å². The molecule has 8 heteroatoms. The van der Waals surface area contributed by atoms with Gasteiger partial charge < -0.3 is 5.32 Å². The normalized spacial score (nSPS) is 11.0. The van der Waals surface area contributed by atoms with Gasteiger partial charge in [0.1, 0.15) is 12.4 Å². The molecule has 0 aliphatic heterocycles. The van der Waals surface area contributed by atoms with E-state index in [9.17, 15) is 22.4 Å². The second kappa shape index (κ2) is 7.43. The molecule has 0 saturated heterocycles. The minimum atomic E-state index is -3.77. The van der Waals surface area contributed by atoms with Gasteiger partial charge in [0.2, 0.25) is 15.9 Å². The van der Waals surface area contributed by atoms with E-state index in [1.807, 2.05) is 0 Å². The lowest BCUT2D eigenvalue weighted by atomic mass is 10.1. The first kappa shape index (κ1) is 18.6. The third-order valence-corrected chi connectivity index (χ3v) is 4.48. The number of anilines is 2. The Morgan fingerprint density at radius 1 is 1.12 bits per heavy atom. The van der Waals surface area contributed by atoms with Crippen LogP contribution in [0.3, 0.4) is 0 Å². The number of Topliss-reactive ketones (excluding diaryl/α,β-unsaturated/α-hetero) is 1. The molecule has 0 heterocycles. The van der Waals surface area contributed by atoms with Crippen molar-refractivity contribution >= 4 is 33.1 Å². The highest BCUT2D eigenvalue weighted by molar-refractivity contribution is 7.92. The van der Waals surface area contributed by atoms with Gasteiger partial charge in [0, 0.05) is 11.3 Å². The first-order valence-electron chi connectivity index (χ1n) is 7.31. The Morgan fingerprint density at radius 2 is 1.80 bits per heavy atom. The van der Waals surface area contributed by atoms with Crippen LogP contribution in [0.15, 0.2) is 48.5 Å². The van der Waals surface area contributed by atoms with Crippen LogP contribution in [-0.4, -0.2) is 32.9 Å². The number of nitrogens with zero attached hydrogens (tertiary/aromatic N) is 1. The summed E-state index contributed by atoms with van der Waals surface area (Å²) < 4.78 is 38.2. The van der Waals surface area contributed by atoms with E-state index in [2.05, 4.69) is 5.32 Å². The van der Waals surface area contributed by atoms with Crippen LogP contribution in [0.5, 0.6) is 0 Å². The predicted molar refractivity (Wildman–Crippen MR) is 93.7 cm³/mol. The number of hydrogen-bond acceptors (Lipinski definition) is 4. The Balaban J connectivity index is 2.25. The zero-order valence-corrected chi connectivity index (χ0v) is 14.5. The van der Waals surface area contributed by atoms with Crippen LogP contribution in [0.2, 0.25) is 0 Å². The molecule has 2 aromatic rings. The number of sulfonamides is 1. The Bertz CT molecular complexity index is 912. The first-order valence-corrected chi connectivity index (χ1v) is 9.16. The number of rotatable bonds is 6. The van der Waals surface area contributed by atoms with Gasteiger partial charge in [-0.3, -0.25) is 13.9 Å². The second-order valence-electron chi connectivity index (χ2n) is 5.43. The van der Waals surface area contributed by atoms with E-state index in [0.29, 0.717) is 5.56 Å². The van der Waals surface area contributed by atoms with Gasteiger partial charge in [0.15, 0.2) is 5.78 Å². The van der Waals surface area contributed by atoms with Crippen LogP contribution in [0.25, 0.3) is 0 Å². The Kier molecular flexibility index (Phi) is 5.53. The maximum atomic E-state index is 13.2. The molecule has 0 bridgehead atoms. The summed E-state index contributed by atoms with van der Waals surface area (Å²) in [4.78, 5) is 23.6. The maximum absolute atomic E-state index is 13.2. The summed E-state index contributed by atoms with van der Waals surface area (Å²) in [6, 6.07) is 11.2. The number of benzene rings is 2. The summed E-state index contributed by atoms with van der Waals surface area (Å²) in [5.74, 6) is -1.38. The van der Waals surface area contributed by atoms with Crippen molar-refractivity contribution in [2.24, 2.45) is 0 Å². The van der Waals surface area contributed by atoms with E-state index < -0.39 is 28.3 Å². The molecule has 1 N–H and O–H groups in total. The van der Waals surface area contributed by atoms with Gasteiger partial charge >= 0.3 is 0 Å². The highest BCUT2D eigenvalue weighted by Gasteiger charge is 2.21. The van der Waals surface area contributed by atoms with Gasteiger partial charge in [-0.25, -0.2) is 12.8 Å². The topological polar surface area (TPSA) is 83.6 Å². The molecule has 0 unspecified atom stereocenters. The van der Waals surface area contributed by atoms with E-state index in [4.69, 9.17) is 0 Å². The Labute approximate surface area is 145 Å². The van der Waals surface area contributed by atoms with Gasteiger partial charge in [-0.2, -0.15) is 0 Å². The van der Waals surface area contributed by atoms with Gasteiger partial charge in [0.05, 0.1) is 11.9 Å². The first-order chi connectivity index (χ1) is 11.7. The summed E-state index contributed by atoms with van der Waals surface area (Å²) in [7, 11) is -3.77. The van der Waals surface area contributed by atoms with E-state index in [1.165, 1.54) is 43.3 Å². The number of nitrogens with one attached hydrogen (secondary N) is 1. The molecular weight excluding hydrogens is 347 g/mol.